The number of rotatable bonds is 6. The fourth-order valence-electron chi connectivity index (χ4n) is 4.68. The van der Waals surface area contributed by atoms with Crippen molar-refractivity contribution in [1.29, 1.82) is 0 Å². The maximum Gasteiger partial charge on any atom is 0.321 e. The lowest BCUT2D eigenvalue weighted by Crippen LogP contribution is -2.48. The van der Waals surface area contributed by atoms with Crippen molar-refractivity contribution in [3.63, 3.8) is 0 Å². The van der Waals surface area contributed by atoms with Crippen molar-refractivity contribution in [3.05, 3.63) is 70.5 Å². The highest BCUT2D eigenvalue weighted by Crippen LogP contribution is 2.47. The van der Waals surface area contributed by atoms with Gasteiger partial charge in [-0.1, -0.05) is 35.9 Å². The summed E-state index contributed by atoms with van der Waals surface area (Å²) < 4.78 is 19.2. The van der Waals surface area contributed by atoms with Crippen LogP contribution in [0.2, 0.25) is 5.02 Å². The number of amides is 2. The third kappa shape index (κ3) is 4.98. The third-order valence-electron chi connectivity index (χ3n) is 6.47. The second-order valence-corrected chi connectivity index (χ2v) is 8.94. The van der Waals surface area contributed by atoms with Crippen LogP contribution in [0, 0.1) is 5.82 Å². The molecule has 2 heterocycles. The summed E-state index contributed by atoms with van der Waals surface area (Å²) >= 11 is 5.94. The lowest BCUT2D eigenvalue weighted by Gasteiger charge is -2.39. The molecule has 2 amide bonds. The molecule has 1 fully saturated rings. The molecular weight excluding hydrogens is 429 g/mol. The number of urea groups is 1. The highest BCUT2D eigenvalue weighted by Gasteiger charge is 2.46. The average Bonchev–Trinajstić information content (AvgIpc) is 3.10. The van der Waals surface area contributed by atoms with Crippen LogP contribution in [0.4, 0.5) is 14.9 Å². The number of hydrogen-bond acceptors (Lipinski definition) is 3. The van der Waals surface area contributed by atoms with E-state index in [2.05, 4.69) is 22.4 Å². The predicted molar refractivity (Wildman–Crippen MR) is 127 cm³/mol. The average molecular weight is 458 g/mol. The van der Waals surface area contributed by atoms with Crippen molar-refractivity contribution in [2.24, 2.45) is 0 Å². The Labute approximate surface area is 193 Å². The Hall–Kier alpha value is -2.41. The Morgan fingerprint density at radius 3 is 2.69 bits per heavy atom. The number of anilines is 1. The second-order valence-electron chi connectivity index (χ2n) is 8.51. The van der Waals surface area contributed by atoms with E-state index in [0.717, 1.165) is 54.3 Å². The minimum Gasteiger partial charge on any atom is -0.383 e. The minimum atomic E-state index is -0.252. The number of carbonyl (C=O) groups excluding carboxylic acids is 1. The molecule has 0 aromatic heterocycles. The summed E-state index contributed by atoms with van der Waals surface area (Å²) in [6.07, 6.45) is 6.05. The van der Waals surface area contributed by atoms with Crippen molar-refractivity contribution in [2.45, 2.75) is 18.3 Å². The van der Waals surface area contributed by atoms with Gasteiger partial charge in [0.2, 0.25) is 0 Å². The summed E-state index contributed by atoms with van der Waals surface area (Å²) in [6, 6.07) is 12.4. The van der Waals surface area contributed by atoms with E-state index >= 15 is 0 Å². The second kappa shape index (κ2) is 10.0. The lowest BCUT2D eigenvalue weighted by atomic mass is 9.74. The Bertz CT molecular complexity index is 972. The molecule has 0 aliphatic carbocycles. The van der Waals surface area contributed by atoms with Crippen LogP contribution >= 0.6 is 11.6 Å². The van der Waals surface area contributed by atoms with Crippen molar-refractivity contribution >= 4 is 29.4 Å². The predicted octanol–water partition coefficient (Wildman–Crippen LogP) is 4.70. The van der Waals surface area contributed by atoms with Crippen LogP contribution in [0.3, 0.4) is 0 Å². The first-order valence-corrected chi connectivity index (χ1v) is 11.4. The van der Waals surface area contributed by atoms with E-state index in [4.69, 9.17) is 16.3 Å². The van der Waals surface area contributed by atoms with Gasteiger partial charge in [0, 0.05) is 42.9 Å². The van der Waals surface area contributed by atoms with Gasteiger partial charge in [-0.05, 0) is 67.4 Å². The normalized spacial score (nSPS) is 17.8. The third-order valence-corrected chi connectivity index (χ3v) is 6.72. The molecule has 170 valence electrons. The number of carbonyl (C=O) groups is 1. The number of ether oxygens (including phenoxy) is 1. The first-order chi connectivity index (χ1) is 15.5. The standard InChI is InChI=1S/C25H29ClFN3O2/c1-32-16-12-28-24(31)30-18-25(22-17-21(27)8-9-23(22)30)10-14-29(15-11-25)13-2-3-19-4-6-20(26)7-5-19/h2-9,17H,10-16,18H2,1H3,(H,28,31). The molecule has 1 N–H and O–H groups in total. The van der Waals surface area contributed by atoms with E-state index in [-0.39, 0.29) is 17.3 Å². The van der Waals surface area contributed by atoms with Crippen LogP contribution < -0.4 is 10.2 Å². The molecule has 2 aromatic rings. The number of piperidine rings is 1. The molecule has 2 aromatic carbocycles. The van der Waals surface area contributed by atoms with Crippen LogP contribution in [-0.2, 0) is 10.2 Å². The van der Waals surface area contributed by atoms with Crippen LogP contribution in [0.1, 0.15) is 24.0 Å². The molecule has 1 saturated heterocycles. The molecule has 32 heavy (non-hydrogen) atoms. The molecule has 1 spiro atoms. The van der Waals surface area contributed by atoms with Crippen molar-refractivity contribution in [2.75, 3.05) is 51.3 Å². The molecule has 0 unspecified atom stereocenters. The van der Waals surface area contributed by atoms with Gasteiger partial charge >= 0.3 is 6.03 Å². The topological polar surface area (TPSA) is 44.8 Å². The van der Waals surface area contributed by atoms with Gasteiger partial charge in [-0.15, -0.1) is 0 Å². The molecular formula is C25H29ClFN3O2. The highest BCUT2D eigenvalue weighted by atomic mass is 35.5. The smallest absolute Gasteiger partial charge is 0.321 e. The zero-order valence-corrected chi connectivity index (χ0v) is 19.1. The van der Waals surface area contributed by atoms with E-state index in [1.807, 2.05) is 24.3 Å². The van der Waals surface area contributed by atoms with Gasteiger partial charge in [0.05, 0.1) is 6.61 Å². The number of benzene rings is 2. The number of likely N-dealkylation sites (tertiary alicyclic amines) is 1. The monoisotopic (exact) mass is 457 g/mol. The number of fused-ring (bicyclic) bond motifs is 2. The largest absolute Gasteiger partial charge is 0.383 e. The van der Waals surface area contributed by atoms with Gasteiger partial charge in [0.1, 0.15) is 5.82 Å². The Kier molecular flexibility index (Phi) is 7.13. The maximum absolute atomic E-state index is 14.1. The summed E-state index contributed by atoms with van der Waals surface area (Å²) in [5.41, 5.74) is 2.69. The molecule has 7 heteroatoms. The summed E-state index contributed by atoms with van der Waals surface area (Å²) in [5.74, 6) is -0.252. The van der Waals surface area contributed by atoms with Crippen LogP contribution in [0.25, 0.3) is 6.08 Å². The van der Waals surface area contributed by atoms with Gasteiger partial charge in [-0.25, -0.2) is 9.18 Å². The molecule has 5 nitrogen and oxygen atoms in total. The zero-order chi connectivity index (χ0) is 22.6. The van der Waals surface area contributed by atoms with Gasteiger partial charge in [-0.2, -0.15) is 0 Å². The van der Waals surface area contributed by atoms with Crippen molar-refractivity contribution < 1.29 is 13.9 Å². The van der Waals surface area contributed by atoms with E-state index < -0.39 is 0 Å². The Balaban J connectivity index is 1.41. The molecule has 4 rings (SSSR count). The van der Waals surface area contributed by atoms with Crippen LogP contribution in [-0.4, -0.2) is 57.4 Å². The van der Waals surface area contributed by atoms with Crippen LogP contribution in [0.15, 0.2) is 48.5 Å². The van der Waals surface area contributed by atoms with Gasteiger partial charge < -0.3 is 10.1 Å². The highest BCUT2D eigenvalue weighted by molar-refractivity contribution is 6.30. The first kappa shape index (κ1) is 22.8. The summed E-state index contributed by atoms with van der Waals surface area (Å²) in [7, 11) is 1.60. The van der Waals surface area contributed by atoms with E-state index in [1.165, 1.54) is 6.07 Å². The number of hydrogen-bond donors (Lipinski definition) is 1. The number of nitrogens with one attached hydrogen (secondary N) is 1. The molecule has 2 aliphatic rings. The number of methoxy groups -OCH3 is 1. The molecule has 0 radical (unpaired) electrons. The van der Waals surface area contributed by atoms with E-state index in [0.29, 0.717) is 19.7 Å². The molecule has 2 aliphatic heterocycles. The summed E-state index contributed by atoms with van der Waals surface area (Å²) in [5, 5.41) is 3.63. The first-order valence-electron chi connectivity index (χ1n) is 11.0. The Morgan fingerprint density at radius 2 is 1.97 bits per heavy atom. The lowest BCUT2D eigenvalue weighted by molar-refractivity contribution is 0.179. The Morgan fingerprint density at radius 1 is 1.22 bits per heavy atom. The summed E-state index contributed by atoms with van der Waals surface area (Å²) in [4.78, 5) is 17.0. The van der Waals surface area contributed by atoms with Gasteiger partial charge in [-0.3, -0.25) is 9.80 Å². The quantitative estimate of drug-likeness (QED) is 0.639. The number of nitrogens with zero attached hydrogens (tertiary/aromatic N) is 2. The SMILES string of the molecule is COCCNC(=O)N1CC2(CCN(CC=Cc3ccc(Cl)cc3)CC2)c2cc(F)ccc21. The summed E-state index contributed by atoms with van der Waals surface area (Å²) in [6.45, 7) is 4.15. The van der Waals surface area contributed by atoms with Crippen LogP contribution in [0.5, 0.6) is 0 Å². The van der Waals surface area contributed by atoms with Crippen molar-refractivity contribution in [1.82, 2.24) is 10.2 Å². The molecule has 0 saturated carbocycles. The van der Waals surface area contributed by atoms with Gasteiger partial charge in [0.15, 0.2) is 0 Å². The maximum atomic E-state index is 14.1. The minimum absolute atomic E-state index is 0.153. The number of halogens is 2. The fraction of sp³-hybridized carbons (Fsp3) is 0.400. The molecule has 0 atom stereocenters. The fourth-order valence-corrected chi connectivity index (χ4v) is 4.81. The van der Waals surface area contributed by atoms with Gasteiger partial charge in [0.25, 0.3) is 0 Å². The molecule has 0 bridgehead atoms. The van der Waals surface area contributed by atoms with E-state index in [9.17, 15) is 9.18 Å². The zero-order valence-electron chi connectivity index (χ0n) is 18.3. The van der Waals surface area contributed by atoms with E-state index in [1.54, 1.807) is 24.1 Å². The van der Waals surface area contributed by atoms with Crippen molar-refractivity contribution in [3.8, 4) is 0 Å².